The number of hydrogen-bond acceptors (Lipinski definition) is 4. The molecule has 0 radical (unpaired) electrons. The van der Waals surface area contributed by atoms with E-state index in [0.717, 1.165) is 5.56 Å². The topological polar surface area (TPSA) is 56.2 Å². The zero-order valence-corrected chi connectivity index (χ0v) is 12.7. The Kier molecular flexibility index (Phi) is 5.11. The first-order valence-corrected chi connectivity index (χ1v) is 6.63. The van der Waals surface area contributed by atoms with Crippen LogP contribution < -0.4 is 5.32 Å². The third-order valence-electron chi connectivity index (χ3n) is 2.61. The Bertz CT molecular complexity index is 419. The van der Waals surface area contributed by atoms with Gasteiger partial charge in [-0.3, -0.25) is 14.8 Å². The van der Waals surface area contributed by atoms with Gasteiger partial charge in [-0.05, 0) is 26.7 Å². The Morgan fingerprint density at radius 3 is 2.53 bits per heavy atom. The maximum Gasteiger partial charge on any atom is 0.323 e. The van der Waals surface area contributed by atoms with Crippen LogP contribution in [0.5, 0.6) is 0 Å². The molecule has 108 valence electrons. The van der Waals surface area contributed by atoms with Crippen LogP contribution in [-0.2, 0) is 23.1 Å². The fraction of sp³-hybridized carbons (Fsp3) is 0.714. The molecule has 19 heavy (non-hydrogen) atoms. The van der Waals surface area contributed by atoms with Gasteiger partial charge in [0, 0.05) is 25.4 Å². The van der Waals surface area contributed by atoms with Gasteiger partial charge in [0.05, 0.1) is 6.20 Å². The molecule has 0 aliphatic heterocycles. The van der Waals surface area contributed by atoms with E-state index in [-0.39, 0.29) is 17.9 Å². The fourth-order valence-electron chi connectivity index (χ4n) is 1.75. The number of nitrogens with one attached hydrogen (secondary N) is 1. The lowest BCUT2D eigenvalue weighted by atomic mass is 10.0. The first-order valence-electron chi connectivity index (χ1n) is 6.63. The van der Waals surface area contributed by atoms with E-state index in [1.54, 1.807) is 10.9 Å². The lowest BCUT2D eigenvalue weighted by Gasteiger charge is -2.26. The Labute approximate surface area is 115 Å². The maximum atomic E-state index is 12.1. The van der Waals surface area contributed by atoms with E-state index in [0.29, 0.717) is 6.54 Å². The van der Waals surface area contributed by atoms with E-state index < -0.39 is 5.60 Å². The number of hydrogen-bond donors (Lipinski definition) is 1. The molecule has 5 heteroatoms. The van der Waals surface area contributed by atoms with E-state index >= 15 is 0 Å². The van der Waals surface area contributed by atoms with Crippen molar-refractivity contribution in [1.29, 1.82) is 0 Å². The third kappa shape index (κ3) is 5.42. The van der Waals surface area contributed by atoms with Crippen LogP contribution in [0.15, 0.2) is 12.4 Å². The van der Waals surface area contributed by atoms with Crippen molar-refractivity contribution in [2.45, 2.75) is 52.8 Å². The van der Waals surface area contributed by atoms with E-state index in [1.165, 1.54) is 0 Å². The number of ether oxygens (including phenoxy) is 1. The van der Waals surface area contributed by atoms with Gasteiger partial charge in [0.2, 0.25) is 0 Å². The Balaban J connectivity index is 2.60. The van der Waals surface area contributed by atoms with Crippen LogP contribution in [-0.4, -0.2) is 27.4 Å². The molecule has 1 heterocycles. The number of rotatable bonds is 5. The maximum absolute atomic E-state index is 12.1. The van der Waals surface area contributed by atoms with Crippen molar-refractivity contribution in [2.75, 3.05) is 0 Å². The second-order valence-corrected chi connectivity index (χ2v) is 6.16. The van der Waals surface area contributed by atoms with Crippen LogP contribution in [0.4, 0.5) is 0 Å². The summed E-state index contributed by atoms with van der Waals surface area (Å²) in [5.41, 5.74) is 0.594. The quantitative estimate of drug-likeness (QED) is 0.828. The smallest absolute Gasteiger partial charge is 0.323 e. The van der Waals surface area contributed by atoms with Crippen LogP contribution in [0, 0.1) is 5.92 Å². The van der Waals surface area contributed by atoms with E-state index in [1.807, 2.05) is 47.9 Å². The average molecular weight is 267 g/mol. The molecule has 1 aromatic heterocycles. The minimum atomic E-state index is -0.458. The number of carbonyl (C=O) groups excluding carboxylic acids is 1. The second kappa shape index (κ2) is 6.19. The van der Waals surface area contributed by atoms with Gasteiger partial charge in [-0.15, -0.1) is 0 Å². The first kappa shape index (κ1) is 15.7. The van der Waals surface area contributed by atoms with E-state index in [4.69, 9.17) is 4.74 Å². The SMILES string of the molecule is CC(C)[C@H](NCc1cnn(C)c1)C(=O)OC(C)(C)C. The monoisotopic (exact) mass is 267 g/mol. The minimum absolute atomic E-state index is 0.173. The molecule has 5 nitrogen and oxygen atoms in total. The highest BCUT2D eigenvalue weighted by Gasteiger charge is 2.27. The van der Waals surface area contributed by atoms with Gasteiger partial charge in [0.1, 0.15) is 11.6 Å². The molecular formula is C14H25N3O2. The molecule has 0 unspecified atom stereocenters. The Morgan fingerprint density at radius 1 is 1.47 bits per heavy atom. The molecule has 1 aromatic rings. The summed E-state index contributed by atoms with van der Waals surface area (Å²) in [6, 6.07) is -0.306. The normalized spacial score (nSPS) is 13.6. The highest BCUT2D eigenvalue weighted by atomic mass is 16.6. The third-order valence-corrected chi connectivity index (χ3v) is 2.61. The molecule has 0 aliphatic carbocycles. The molecule has 1 rings (SSSR count). The number of carbonyl (C=O) groups is 1. The van der Waals surface area contributed by atoms with Crippen LogP contribution in [0.1, 0.15) is 40.2 Å². The largest absolute Gasteiger partial charge is 0.459 e. The summed E-state index contributed by atoms with van der Waals surface area (Å²) in [5.74, 6) is -0.0297. The van der Waals surface area contributed by atoms with Crippen molar-refractivity contribution >= 4 is 5.97 Å². The average Bonchev–Trinajstić information content (AvgIpc) is 2.61. The van der Waals surface area contributed by atoms with Gasteiger partial charge in [0.15, 0.2) is 0 Å². The fourth-order valence-corrected chi connectivity index (χ4v) is 1.75. The van der Waals surface area contributed by atoms with Gasteiger partial charge in [-0.2, -0.15) is 5.10 Å². The van der Waals surface area contributed by atoms with Crippen molar-refractivity contribution in [3.8, 4) is 0 Å². The number of aromatic nitrogens is 2. The van der Waals surface area contributed by atoms with Crippen LogP contribution in [0.2, 0.25) is 0 Å². The van der Waals surface area contributed by atoms with Crippen LogP contribution in [0.3, 0.4) is 0 Å². The molecule has 0 saturated heterocycles. The number of nitrogens with zero attached hydrogens (tertiary/aromatic N) is 2. The van der Waals surface area contributed by atoms with Gasteiger partial charge in [-0.1, -0.05) is 13.8 Å². The first-order chi connectivity index (χ1) is 8.69. The highest BCUT2D eigenvalue weighted by molar-refractivity contribution is 5.76. The van der Waals surface area contributed by atoms with Crippen LogP contribution >= 0.6 is 0 Å². The standard InChI is InChI=1S/C14H25N3O2/c1-10(2)12(13(18)19-14(3,4)5)15-7-11-8-16-17(6)9-11/h8-10,12,15H,7H2,1-6H3/t12-/m0/s1. The zero-order valence-electron chi connectivity index (χ0n) is 12.7. The zero-order chi connectivity index (χ0) is 14.6. The van der Waals surface area contributed by atoms with E-state index in [2.05, 4.69) is 10.4 Å². The minimum Gasteiger partial charge on any atom is -0.459 e. The molecule has 0 spiro atoms. The predicted octanol–water partition coefficient (Wildman–Crippen LogP) is 1.88. The van der Waals surface area contributed by atoms with Crippen LogP contribution in [0.25, 0.3) is 0 Å². The second-order valence-electron chi connectivity index (χ2n) is 6.16. The number of esters is 1. The molecule has 0 aliphatic rings. The number of aryl methyl sites for hydroxylation is 1. The van der Waals surface area contributed by atoms with Crippen molar-refractivity contribution in [3.63, 3.8) is 0 Å². The van der Waals surface area contributed by atoms with Gasteiger partial charge >= 0.3 is 5.97 Å². The molecule has 0 bridgehead atoms. The van der Waals surface area contributed by atoms with Crippen molar-refractivity contribution in [1.82, 2.24) is 15.1 Å². The molecule has 0 fully saturated rings. The van der Waals surface area contributed by atoms with Crippen molar-refractivity contribution in [2.24, 2.45) is 13.0 Å². The molecule has 0 saturated carbocycles. The molecule has 1 atom stereocenters. The predicted molar refractivity (Wildman–Crippen MR) is 74.5 cm³/mol. The summed E-state index contributed by atoms with van der Waals surface area (Å²) in [4.78, 5) is 12.1. The van der Waals surface area contributed by atoms with Crippen molar-refractivity contribution < 1.29 is 9.53 Å². The van der Waals surface area contributed by atoms with Crippen molar-refractivity contribution in [3.05, 3.63) is 18.0 Å². The summed E-state index contributed by atoms with van der Waals surface area (Å²) in [7, 11) is 1.87. The van der Waals surface area contributed by atoms with Gasteiger partial charge in [0.25, 0.3) is 0 Å². The Morgan fingerprint density at radius 2 is 2.11 bits per heavy atom. The summed E-state index contributed by atoms with van der Waals surface area (Å²) < 4.78 is 7.18. The molecule has 0 aromatic carbocycles. The summed E-state index contributed by atoms with van der Waals surface area (Å²) in [5, 5.41) is 7.35. The molecule has 1 N–H and O–H groups in total. The van der Waals surface area contributed by atoms with Gasteiger partial charge in [-0.25, -0.2) is 0 Å². The lowest BCUT2D eigenvalue weighted by molar-refractivity contribution is -0.158. The summed E-state index contributed by atoms with van der Waals surface area (Å²) in [6.07, 6.45) is 3.72. The summed E-state index contributed by atoms with van der Waals surface area (Å²) in [6.45, 7) is 10.3. The lowest BCUT2D eigenvalue weighted by Crippen LogP contribution is -2.44. The Hall–Kier alpha value is -1.36. The highest BCUT2D eigenvalue weighted by Crippen LogP contribution is 2.13. The molecule has 0 amide bonds. The van der Waals surface area contributed by atoms with Gasteiger partial charge < -0.3 is 4.74 Å². The van der Waals surface area contributed by atoms with E-state index in [9.17, 15) is 4.79 Å². The molecular weight excluding hydrogens is 242 g/mol. The summed E-state index contributed by atoms with van der Waals surface area (Å²) >= 11 is 0.